The number of carbonyl (C=O) groups excluding carboxylic acids is 1. The molecular formula is C13H23N3O3. The second-order valence-electron chi connectivity index (χ2n) is 5.64. The van der Waals surface area contributed by atoms with E-state index in [4.69, 9.17) is 15.7 Å². The van der Waals surface area contributed by atoms with Crippen LogP contribution in [0.2, 0.25) is 0 Å². The van der Waals surface area contributed by atoms with E-state index in [1.807, 2.05) is 4.90 Å². The Kier molecular flexibility index (Phi) is 3.99. The summed E-state index contributed by atoms with van der Waals surface area (Å²) in [5, 5.41) is 11.9. The van der Waals surface area contributed by atoms with Crippen LogP contribution in [0.25, 0.3) is 0 Å². The number of ether oxygens (including phenoxy) is 1. The van der Waals surface area contributed by atoms with Gasteiger partial charge in [0.25, 0.3) is 0 Å². The van der Waals surface area contributed by atoms with Crippen molar-refractivity contribution < 1.29 is 14.7 Å². The highest BCUT2D eigenvalue weighted by Crippen LogP contribution is 2.48. The molecule has 2 aliphatic carbocycles. The fraction of sp³-hybridized carbons (Fsp3) is 0.846. The highest BCUT2D eigenvalue weighted by atomic mass is 16.5. The number of nitrogens with zero attached hydrogens (tertiary/aromatic N) is 2. The minimum Gasteiger partial charge on any atom is -0.409 e. The summed E-state index contributed by atoms with van der Waals surface area (Å²) in [5.41, 5.74) is 4.94. The molecule has 2 rings (SSSR count). The van der Waals surface area contributed by atoms with Crippen molar-refractivity contribution in [2.24, 2.45) is 22.2 Å². The topological polar surface area (TPSA) is 88.2 Å². The lowest BCUT2D eigenvalue weighted by Crippen LogP contribution is -2.49. The number of amidine groups is 1. The summed E-state index contributed by atoms with van der Waals surface area (Å²) in [5.74, 6) is 0.617. The third kappa shape index (κ3) is 2.68. The fourth-order valence-electron chi connectivity index (χ4n) is 2.59. The Balaban J connectivity index is 2.11. The number of hydrogen-bond donors (Lipinski definition) is 2. The van der Waals surface area contributed by atoms with Crippen LogP contribution in [0.4, 0.5) is 0 Å². The third-order valence-corrected chi connectivity index (χ3v) is 4.35. The molecule has 3 N–H and O–H groups in total. The molecule has 2 fully saturated rings. The van der Waals surface area contributed by atoms with E-state index in [2.05, 4.69) is 12.1 Å². The van der Waals surface area contributed by atoms with Gasteiger partial charge < -0.3 is 20.6 Å². The minimum absolute atomic E-state index is 0.0146. The van der Waals surface area contributed by atoms with E-state index in [1.165, 1.54) is 12.8 Å². The molecule has 108 valence electrons. The first-order valence-electron chi connectivity index (χ1n) is 6.85. The Morgan fingerprint density at radius 2 is 2.21 bits per heavy atom. The van der Waals surface area contributed by atoms with E-state index in [0.717, 1.165) is 0 Å². The summed E-state index contributed by atoms with van der Waals surface area (Å²) in [4.78, 5) is 14.6. The lowest BCUT2D eigenvalue weighted by Gasteiger charge is -2.32. The van der Waals surface area contributed by atoms with Gasteiger partial charge in [0.05, 0.1) is 6.61 Å². The fourth-order valence-corrected chi connectivity index (χ4v) is 2.59. The maximum atomic E-state index is 12.7. The van der Waals surface area contributed by atoms with Crippen molar-refractivity contribution in [1.82, 2.24) is 4.90 Å². The first kappa shape index (κ1) is 14.1. The SMILES string of the molecule is COCCN(C(=O)C1(C(N)=NO)CC1)C(C)C1CC1. The van der Waals surface area contributed by atoms with Gasteiger partial charge in [-0.05, 0) is 38.5 Å². The lowest BCUT2D eigenvalue weighted by atomic mass is 10.0. The Morgan fingerprint density at radius 1 is 1.58 bits per heavy atom. The molecule has 0 aromatic carbocycles. The molecule has 6 nitrogen and oxygen atoms in total. The molecule has 0 radical (unpaired) electrons. The second kappa shape index (κ2) is 5.36. The molecule has 1 unspecified atom stereocenters. The number of oxime groups is 1. The van der Waals surface area contributed by atoms with Gasteiger partial charge >= 0.3 is 0 Å². The summed E-state index contributed by atoms with van der Waals surface area (Å²) in [7, 11) is 1.63. The predicted molar refractivity (Wildman–Crippen MR) is 70.9 cm³/mol. The standard InChI is InChI=1S/C13H23N3O3/c1-9(10-3-4-10)16(7-8-19-2)12(17)13(5-6-13)11(14)15-18/h9-10,18H,3-8H2,1-2H3,(H2,14,15). The van der Waals surface area contributed by atoms with Crippen molar-refractivity contribution in [3.63, 3.8) is 0 Å². The minimum atomic E-state index is -0.758. The smallest absolute Gasteiger partial charge is 0.236 e. The second-order valence-corrected chi connectivity index (χ2v) is 5.64. The van der Waals surface area contributed by atoms with E-state index in [-0.39, 0.29) is 17.8 Å². The Bertz CT molecular complexity index is 375. The maximum Gasteiger partial charge on any atom is 0.236 e. The summed E-state index contributed by atoms with van der Waals surface area (Å²) in [6.45, 7) is 3.15. The normalized spacial score (nSPS) is 22.9. The number of hydrogen-bond acceptors (Lipinski definition) is 4. The number of methoxy groups -OCH3 is 1. The predicted octanol–water partition coefficient (Wildman–Crippen LogP) is 0.786. The number of carbonyl (C=O) groups is 1. The van der Waals surface area contributed by atoms with Gasteiger partial charge in [-0.3, -0.25) is 4.79 Å². The molecule has 2 saturated carbocycles. The number of amides is 1. The van der Waals surface area contributed by atoms with Crippen LogP contribution in [0.15, 0.2) is 5.16 Å². The highest BCUT2D eigenvalue weighted by Gasteiger charge is 2.56. The molecule has 0 aliphatic heterocycles. The first-order valence-corrected chi connectivity index (χ1v) is 6.85. The Morgan fingerprint density at radius 3 is 2.63 bits per heavy atom. The van der Waals surface area contributed by atoms with Gasteiger partial charge in [-0.1, -0.05) is 5.16 Å². The molecule has 0 heterocycles. The molecule has 6 heteroatoms. The third-order valence-electron chi connectivity index (χ3n) is 4.35. The molecule has 0 aromatic heterocycles. The van der Waals surface area contributed by atoms with Crippen LogP contribution in [-0.4, -0.2) is 48.2 Å². The van der Waals surface area contributed by atoms with Gasteiger partial charge in [-0.25, -0.2) is 0 Å². The number of nitrogens with two attached hydrogens (primary N) is 1. The van der Waals surface area contributed by atoms with Crippen LogP contribution < -0.4 is 5.73 Å². The summed E-state index contributed by atoms with van der Waals surface area (Å²) in [6.07, 6.45) is 3.69. The van der Waals surface area contributed by atoms with Crippen molar-refractivity contribution in [3.05, 3.63) is 0 Å². The van der Waals surface area contributed by atoms with Gasteiger partial charge in [0.2, 0.25) is 5.91 Å². The quantitative estimate of drug-likeness (QED) is 0.309. The molecule has 0 aromatic rings. The summed E-state index contributed by atoms with van der Waals surface area (Å²) < 4.78 is 5.09. The van der Waals surface area contributed by atoms with Crippen LogP contribution >= 0.6 is 0 Å². The van der Waals surface area contributed by atoms with Crippen LogP contribution in [-0.2, 0) is 9.53 Å². The average molecular weight is 269 g/mol. The lowest BCUT2D eigenvalue weighted by molar-refractivity contribution is -0.137. The highest BCUT2D eigenvalue weighted by molar-refractivity contribution is 6.09. The van der Waals surface area contributed by atoms with Crippen molar-refractivity contribution in [2.45, 2.75) is 38.6 Å². The molecular weight excluding hydrogens is 246 g/mol. The van der Waals surface area contributed by atoms with Crippen molar-refractivity contribution in [1.29, 1.82) is 0 Å². The van der Waals surface area contributed by atoms with Crippen molar-refractivity contribution in [3.8, 4) is 0 Å². The van der Waals surface area contributed by atoms with Gasteiger partial charge in [-0.15, -0.1) is 0 Å². The van der Waals surface area contributed by atoms with E-state index in [1.54, 1.807) is 7.11 Å². The monoisotopic (exact) mass is 269 g/mol. The van der Waals surface area contributed by atoms with Crippen molar-refractivity contribution in [2.75, 3.05) is 20.3 Å². The Hall–Kier alpha value is -1.30. The summed E-state index contributed by atoms with van der Waals surface area (Å²) >= 11 is 0. The zero-order chi connectivity index (χ0) is 14.0. The van der Waals surface area contributed by atoms with Crippen LogP contribution in [0.1, 0.15) is 32.6 Å². The van der Waals surface area contributed by atoms with E-state index in [0.29, 0.717) is 31.9 Å². The zero-order valence-corrected chi connectivity index (χ0v) is 11.6. The van der Waals surface area contributed by atoms with Crippen LogP contribution in [0.3, 0.4) is 0 Å². The Labute approximate surface area is 113 Å². The summed E-state index contributed by atoms with van der Waals surface area (Å²) in [6, 6.07) is 0.201. The zero-order valence-electron chi connectivity index (χ0n) is 11.6. The van der Waals surface area contributed by atoms with E-state index in [9.17, 15) is 4.79 Å². The molecule has 1 amide bonds. The molecule has 19 heavy (non-hydrogen) atoms. The van der Waals surface area contributed by atoms with Crippen LogP contribution in [0, 0.1) is 11.3 Å². The molecule has 2 aliphatic rings. The molecule has 0 bridgehead atoms. The molecule has 1 atom stereocenters. The van der Waals surface area contributed by atoms with Crippen molar-refractivity contribution >= 4 is 11.7 Å². The van der Waals surface area contributed by atoms with Gasteiger partial charge in [0.15, 0.2) is 5.84 Å². The van der Waals surface area contributed by atoms with Crippen LogP contribution in [0.5, 0.6) is 0 Å². The van der Waals surface area contributed by atoms with Gasteiger partial charge in [-0.2, -0.15) is 0 Å². The number of rotatable bonds is 7. The van der Waals surface area contributed by atoms with Gasteiger partial charge in [0.1, 0.15) is 5.41 Å². The largest absolute Gasteiger partial charge is 0.409 e. The first-order chi connectivity index (χ1) is 9.06. The molecule has 0 saturated heterocycles. The van der Waals surface area contributed by atoms with E-state index >= 15 is 0 Å². The average Bonchev–Trinajstić information content (AvgIpc) is 3.30. The molecule has 0 spiro atoms. The van der Waals surface area contributed by atoms with E-state index < -0.39 is 5.41 Å². The van der Waals surface area contributed by atoms with Gasteiger partial charge in [0, 0.05) is 19.7 Å². The maximum absolute atomic E-state index is 12.7.